The number of halogens is 3. The second-order valence-electron chi connectivity index (χ2n) is 7.92. The first-order valence-corrected chi connectivity index (χ1v) is 9.69. The third-order valence-corrected chi connectivity index (χ3v) is 6.19. The number of aryl methyl sites for hydroxylation is 1. The van der Waals surface area contributed by atoms with E-state index in [2.05, 4.69) is 19.4 Å². The smallest absolute Gasteiger partial charge is 0.419 e. The standard InChI is InChI=1S/C21H21F3N4O/c1-27-17-6-4-8-25-20(17)26-19(27)11-28-9-13-14(10-28)15(13)12-29-18-7-3-2-5-16(18)21(22,23)24/h2-8,13-15H,9-12H2,1H3/t13-,14+,15?. The van der Waals surface area contributed by atoms with Gasteiger partial charge in [0.1, 0.15) is 11.6 Å². The van der Waals surface area contributed by atoms with Crippen molar-refractivity contribution in [3.8, 4) is 5.75 Å². The van der Waals surface area contributed by atoms with Crippen molar-refractivity contribution in [2.45, 2.75) is 12.7 Å². The van der Waals surface area contributed by atoms with Gasteiger partial charge in [0.2, 0.25) is 0 Å². The molecule has 2 aliphatic rings. The fourth-order valence-electron chi connectivity index (χ4n) is 4.54. The van der Waals surface area contributed by atoms with Crippen LogP contribution in [0.2, 0.25) is 0 Å². The van der Waals surface area contributed by atoms with Gasteiger partial charge in [0.15, 0.2) is 5.65 Å². The number of rotatable bonds is 5. The number of pyridine rings is 1. The lowest BCUT2D eigenvalue weighted by atomic mass is 10.2. The molecule has 1 unspecified atom stereocenters. The molecule has 2 aromatic heterocycles. The Morgan fingerprint density at radius 2 is 1.86 bits per heavy atom. The highest BCUT2D eigenvalue weighted by Gasteiger charge is 2.55. The molecule has 5 rings (SSSR count). The van der Waals surface area contributed by atoms with Crippen molar-refractivity contribution in [1.29, 1.82) is 0 Å². The molecule has 0 spiro atoms. The van der Waals surface area contributed by atoms with Crippen LogP contribution in [0.4, 0.5) is 13.2 Å². The highest BCUT2D eigenvalue weighted by molar-refractivity contribution is 5.71. The zero-order valence-corrected chi connectivity index (χ0v) is 15.9. The Bertz CT molecular complexity index is 1040. The molecule has 152 valence electrons. The van der Waals surface area contributed by atoms with Gasteiger partial charge in [-0.05, 0) is 36.1 Å². The predicted octanol–water partition coefficient (Wildman–Crippen LogP) is 3.74. The Balaban J connectivity index is 1.18. The van der Waals surface area contributed by atoms with Crippen LogP contribution in [-0.2, 0) is 19.8 Å². The quantitative estimate of drug-likeness (QED) is 0.652. The van der Waals surface area contributed by atoms with Gasteiger partial charge in [0.05, 0.1) is 24.2 Å². The number of benzene rings is 1. The van der Waals surface area contributed by atoms with E-state index in [1.807, 2.05) is 19.2 Å². The van der Waals surface area contributed by atoms with Crippen molar-refractivity contribution in [3.05, 3.63) is 54.0 Å². The van der Waals surface area contributed by atoms with Crippen molar-refractivity contribution in [2.24, 2.45) is 24.8 Å². The number of likely N-dealkylation sites (tertiary alicyclic amines) is 1. The van der Waals surface area contributed by atoms with Gasteiger partial charge >= 0.3 is 6.18 Å². The summed E-state index contributed by atoms with van der Waals surface area (Å²) >= 11 is 0. The Morgan fingerprint density at radius 3 is 2.59 bits per heavy atom. The van der Waals surface area contributed by atoms with Crippen molar-refractivity contribution in [3.63, 3.8) is 0 Å². The average molecular weight is 402 g/mol. The van der Waals surface area contributed by atoms with Crippen LogP contribution in [0.5, 0.6) is 5.75 Å². The second kappa shape index (κ2) is 6.73. The molecule has 1 aliphatic carbocycles. The van der Waals surface area contributed by atoms with E-state index in [0.717, 1.165) is 42.7 Å². The maximum Gasteiger partial charge on any atom is 0.419 e. The summed E-state index contributed by atoms with van der Waals surface area (Å²) in [6.45, 7) is 2.95. The zero-order chi connectivity index (χ0) is 20.2. The highest BCUT2D eigenvalue weighted by Crippen LogP contribution is 2.52. The second-order valence-corrected chi connectivity index (χ2v) is 7.92. The Morgan fingerprint density at radius 1 is 1.10 bits per heavy atom. The van der Waals surface area contributed by atoms with Crippen LogP contribution >= 0.6 is 0 Å². The van der Waals surface area contributed by atoms with Gasteiger partial charge in [-0.1, -0.05) is 12.1 Å². The first-order valence-electron chi connectivity index (χ1n) is 9.69. The molecular formula is C21H21F3N4O. The molecule has 0 bridgehead atoms. The number of aromatic nitrogens is 3. The van der Waals surface area contributed by atoms with Crippen LogP contribution < -0.4 is 4.74 Å². The average Bonchev–Trinajstić information content (AvgIpc) is 3.01. The molecule has 8 heteroatoms. The largest absolute Gasteiger partial charge is 0.493 e. The van der Waals surface area contributed by atoms with E-state index < -0.39 is 11.7 Å². The van der Waals surface area contributed by atoms with Gasteiger partial charge in [0, 0.05) is 32.3 Å². The molecule has 2 fully saturated rings. The summed E-state index contributed by atoms with van der Waals surface area (Å²) in [7, 11) is 2.00. The fraction of sp³-hybridized carbons (Fsp3) is 0.429. The molecule has 1 aromatic carbocycles. The number of alkyl halides is 3. The summed E-state index contributed by atoms with van der Waals surface area (Å²) in [5.74, 6) is 2.21. The van der Waals surface area contributed by atoms with Crippen LogP contribution in [0, 0.1) is 17.8 Å². The van der Waals surface area contributed by atoms with Gasteiger partial charge in [-0.25, -0.2) is 9.97 Å². The van der Waals surface area contributed by atoms with Gasteiger partial charge in [-0.2, -0.15) is 13.2 Å². The summed E-state index contributed by atoms with van der Waals surface area (Å²) in [6, 6.07) is 9.33. The number of nitrogens with zero attached hydrogens (tertiary/aromatic N) is 4. The number of para-hydroxylation sites is 1. The summed E-state index contributed by atoms with van der Waals surface area (Å²) in [6.07, 6.45) is -2.65. The highest BCUT2D eigenvalue weighted by atomic mass is 19.4. The molecule has 1 saturated carbocycles. The van der Waals surface area contributed by atoms with Gasteiger partial charge in [-0.15, -0.1) is 0 Å². The van der Waals surface area contributed by atoms with Crippen LogP contribution in [0.15, 0.2) is 42.6 Å². The molecule has 0 radical (unpaired) electrons. The van der Waals surface area contributed by atoms with E-state index >= 15 is 0 Å². The summed E-state index contributed by atoms with van der Waals surface area (Å²) in [5.41, 5.74) is 1.06. The van der Waals surface area contributed by atoms with E-state index in [-0.39, 0.29) is 5.75 Å². The van der Waals surface area contributed by atoms with Crippen LogP contribution in [0.3, 0.4) is 0 Å². The Hall–Kier alpha value is -2.61. The number of fused-ring (bicyclic) bond motifs is 2. The maximum absolute atomic E-state index is 13.1. The van der Waals surface area contributed by atoms with E-state index in [1.165, 1.54) is 12.1 Å². The molecule has 0 N–H and O–H groups in total. The van der Waals surface area contributed by atoms with E-state index in [0.29, 0.717) is 24.4 Å². The van der Waals surface area contributed by atoms with E-state index in [4.69, 9.17) is 4.74 Å². The lowest BCUT2D eigenvalue weighted by Gasteiger charge is -2.19. The molecule has 1 aliphatic heterocycles. The molecule has 3 aromatic rings. The van der Waals surface area contributed by atoms with Gasteiger partial charge in [0.25, 0.3) is 0 Å². The van der Waals surface area contributed by atoms with Gasteiger partial charge in [-0.3, -0.25) is 4.90 Å². The molecule has 29 heavy (non-hydrogen) atoms. The summed E-state index contributed by atoms with van der Waals surface area (Å²) in [4.78, 5) is 11.3. The Kier molecular flexibility index (Phi) is 4.27. The number of hydrogen-bond donors (Lipinski definition) is 0. The normalized spacial score (nSPS) is 24.1. The number of piperidine rings is 1. The minimum absolute atomic E-state index is 0.0750. The molecular weight excluding hydrogens is 381 g/mol. The third kappa shape index (κ3) is 3.35. The maximum atomic E-state index is 13.1. The summed E-state index contributed by atoms with van der Waals surface area (Å²) < 4.78 is 46.9. The third-order valence-electron chi connectivity index (χ3n) is 6.19. The zero-order valence-electron chi connectivity index (χ0n) is 15.9. The van der Waals surface area contributed by atoms with Crippen molar-refractivity contribution in [1.82, 2.24) is 19.4 Å². The Labute approximate surface area is 166 Å². The van der Waals surface area contributed by atoms with E-state index in [9.17, 15) is 13.2 Å². The number of imidazole rings is 1. The van der Waals surface area contributed by atoms with Crippen molar-refractivity contribution < 1.29 is 17.9 Å². The minimum atomic E-state index is -4.40. The minimum Gasteiger partial charge on any atom is -0.493 e. The summed E-state index contributed by atoms with van der Waals surface area (Å²) in [5, 5.41) is 0. The monoisotopic (exact) mass is 402 g/mol. The lowest BCUT2D eigenvalue weighted by Crippen LogP contribution is -2.26. The van der Waals surface area contributed by atoms with Gasteiger partial charge < -0.3 is 9.30 Å². The van der Waals surface area contributed by atoms with Crippen LogP contribution in [0.1, 0.15) is 11.4 Å². The molecule has 5 nitrogen and oxygen atoms in total. The lowest BCUT2D eigenvalue weighted by molar-refractivity contribution is -0.139. The number of ether oxygens (including phenoxy) is 1. The van der Waals surface area contributed by atoms with Crippen molar-refractivity contribution in [2.75, 3.05) is 19.7 Å². The van der Waals surface area contributed by atoms with Crippen molar-refractivity contribution >= 4 is 11.2 Å². The molecule has 3 heterocycles. The fourth-order valence-corrected chi connectivity index (χ4v) is 4.54. The van der Waals surface area contributed by atoms with Crippen LogP contribution in [0.25, 0.3) is 11.2 Å². The first-order chi connectivity index (χ1) is 13.9. The first kappa shape index (κ1) is 18.4. The predicted molar refractivity (Wildman–Crippen MR) is 101 cm³/mol. The van der Waals surface area contributed by atoms with E-state index in [1.54, 1.807) is 12.3 Å². The topological polar surface area (TPSA) is 43.2 Å². The number of hydrogen-bond acceptors (Lipinski definition) is 4. The molecule has 3 atom stereocenters. The SMILES string of the molecule is Cn1c(CN2C[C@@H]3C(COc4ccccc4C(F)(F)F)[C@@H]3C2)nc2ncccc21. The van der Waals surface area contributed by atoms with Crippen LogP contribution in [-0.4, -0.2) is 39.1 Å². The molecule has 0 amide bonds. The molecule has 1 saturated heterocycles.